The second-order valence-electron chi connectivity index (χ2n) is 2.71. The van der Waals surface area contributed by atoms with Gasteiger partial charge in [0.2, 0.25) is 0 Å². The van der Waals surface area contributed by atoms with E-state index in [1.54, 1.807) is 18.3 Å². The molecule has 1 aromatic heterocycles. The second kappa shape index (κ2) is 4.11. The minimum absolute atomic E-state index is 0.386. The summed E-state index contributed by atoms with van der Waals surface area (Å²) in [4.78, 5) is 0. The van der Waals surface area contributed by atoms with Crippen molar-refractivity contribution in [2.24, 2.45) is 0 Å². The maximum absolute atomic E-state index is 5.79. The van der Waals surface area contributed by atoms with Gasteiger partial charge in [0.1, 0.15) is 18.1 Å². The number of aromatic nitrogens is 3. The molecule has 0 aliphatic carbocycles. The fraction of sp³-hybridized carbons (Fsp3) is 0.111. The number of H-pyrrole nitrogens is 1. The van der Waals surface area contributed by atoms with Gasteiger partial charge in [-0.15, -0.1) is 5.10 Å². The predicted octanol–water partition coefficient (Wildman–Crippen LogP) is 2.04. The summed E-state index contributed by atoms with van der Waals surface area (Å²) in [6.07, 6.45) is 1.69. The number of nitrogens with one attached hydrogen (secondary N) is 1. The molecule has 0 saturated heterocycles. The SMILES string of the molecule is Clc1cccc(OCc2c[nH]nn2)c1. The van der Waals surface area contributed by atoms with Crippen LogP contribution in [0.5, 0.6) is 5.75 Å². The predicted molar refractivity (Wildman–Crippen MR) is 52.2 cm³/mol. The maximum atomic E-state index is 5.79. The lowest BCUT2D eigenvalue weighted by atomic mass is 10.3. The molecule has 0 saturated carbocycles. The standard InChI is InChI=1S/C9H8ClN3O/c10-7-2-1-3-9(4-7)14-6-8-5-11-13-12-8/h1-5H,6H2,(H,11,12,13). The number of halogens is 1. The molecule has 0 spiro atoms. The number of ether oxygens (including phenoxy) is 1. The van der Waals surface area contributed by atoms with Gasteiger partial charge in [0.05, 0.1) is 0 Å². The highest BCUT2D eigenvalue weighted by molar-refractivity contribution is 6.30. The largest absolute Gasteiger partial charge is 0.487 e. The summed E-state index contributed by atoms with van der Waals surface area (Å²) in [5.74, 6) is 0.723. The van der Waals surface area contributed by atoms with E-state index in [2.05, 4.69) is 15.4 Å². The Hall–Kier alpha value is -1.55. The van der Waals surface area contributed by atoms with Crippen molar-refractivity contribution in [3.05, 3.63) is 41.2 Å². The Morgan fingerprint density at radius 1 is 1.43 bits per heavy atom. The number of nitrogens with zero attached hydrogens (tertiary/aromatic N) is 2. The van der Waals surface area contributed by atoms with Crippen molar-refractivity contribution in [2.45, 2.75) is 6.61 Å². The Bertz CT molecular complexity index is 402. The van der Waals surface area contributed by atoms with Crippen LogP contribution in [0.25, 0.3) is 0 Å². The summed E-state index contributed by atoms with van der Waals surface area (Å²) in [6, 6.07) is 7.22. The molecular formula is C9H8ClN3O. The van der Waals surface area contributed by atoms with Crippen LogP contribution in [0.4, 0.5) is 0 Å². The maximum Gasteiger partial charge on any atom is 0.134 e. The van der Waals surface area contributed by atoms with Gasteiger partial charge in [-0.25, -0.2) is 0 Å². The number of rotatable bonds is 3. The molecule has 1 heterocycles. The van der Waals surface area contributed by atoms with E-state index in [9.17, 15) is 0 Å². The molecule has 1 aromatic carbocycles. The lowest BCUT2D eigenvalue weighted by molar-refractivity contribution is 0.301. The highest BCUT2D eigenvalue weighted by Crippen LogP contribution is 2.17. The van der Waals surface area contributed by atoms with E-state index in [0.717, 1.165) is 11.4 Å². The minimum atomic E-state index is 0.386. The van der Waals surface area contributed by atoms with Crippen molar-refractivity contribution in [3.63, 3.8) is 0 Å². The van der Waals surface area contributed by atoms with Gasteiger partial charge in [0.25, 0.3) is 0 Å². The highest BCUT2D eigenvalue weighted by Gasteiger charge is 1.98. The van der Waals surface area contributed by atoms with E-state index in [1.807, 2.05) is 12.1 Å². The zero-order valence-electron chi connectivity index (χ0n) is 7.27. The van der Waals surface area contributed by atoms with Gasteiger partial charge in [0, 0.05) is 11.2 Å². The first-order valence-electron chi connectivity index (χ1n) is 4.08. The van der Waals surface area contributed by atoms with Crippen molar-refractivity contribution in [2.75, 3.05) is 0 Å². The van der Waals surface area contributed by atoms with Crippen molar-refractivity contribution >= 4 is 11.6 Å². The Morgan fingerprint density at radius 3 is 3.07 bits per heavy atom. The highest BCUT2D eigenvalue weighted by atomic mass is 35.5. The summed E-state index contributed by atoms with van der Waals surface area (Å²) < 4.78 is 5.42. The average Bonchev–Trinajstić information content (AvgIpc) is 2.67. The molecule has 5 heteroatoms. The van der Waals surface area contributed by atoms with Gasteiger partial charge in [-0.05, 0) is 18.2 Å². The van der Waals surface area contributed by atoms with Crippen molar-refractivity contribution in [3.8, 4) is 5.75 Å². The van der Waals surface area contributed by atoms with Crippen LogP contribution in [0.2, 0.25) is 5.02 Å². The van der Waals surface area contributed by atoms with E-state index >= 15 is 0 Å². The lowest BCUT2D eigenvalue weighted by Crippen LogP contribution is -1.95. The summed E-state index contributed by atoms with van der Waals surface area (Å²) >= 11 is 5.79. The Balaban J connectivity index is 1.98. The molecule has 0 radical (unpaired) electrons. The number of aromatic amines is 1. The second-order valence-corrected chi connectivity index (χ2v) is 3.15. The summed E-state index contributed by atoms with van der Waals surface area (Å²) in [7, 11) is 0. The number of hydrogen-bond donors (Lipinski definition) is 1. The molecule has 0 unspecified atom stereocenters. The Labute approximate surface area is 85.9 Å². The fourth-order valence-corrected chi connectivity index (χ4v) is 1.19. The van der Waals surface area contributed by atoms with Gasteiger partial charge >= 0.3 is 0 Å². The van der Waals surface area contributed by atoms with Crippen molar-refractivity contribution < 1.29 is 4.74 Å². The molecule has 14 heavy (non-hydrogen) atoms. The van der Waals surface area contributed by atoms with Crippen molar-refractivity contribution in [1.82, 2.24) is 15.4 Å². The van der Waals surface area contributed by atoms with E-state index in [-0.39, 0.29) is 0 Å². The Morgan fingerprint density at radius 2 is 2.36 bits per heavy atom. The molecule has 0 aliphatic rings. The zero-order chi connectivity index (χ0) is 9.80. The van der Waals surface area contributed by atoms with Crippen LogP contribution in [0, 0.1) is 0 Å². The molecule has 4 nitrogen and oxygen atoms in total. The normalized spacial score (nSPS) is 10.1. The summed E-state index contributed by atoms with van der Waals surface area (Å²) in [6.45, 7) is 0.386. The van der Waals surface area contributed by atoms with Gasteiger partial charge in [-0.2, -0.15) is 0 Å². The molecule has 72 valence electrons. The molecule has 0 amide bonds. The van der Waals surface area contributed by atoms with Gasteiger partial charge in [0.15, 0.2) is 0 Å². The Kier molecular flexibility index (Phi) is 2.65. The molecule has 1 N–H and O–H groups in total. The first kappa shape index (κ1) is 9.02. The fourth-order valence-electron chi connectivity index (χ4n) is 1.01. The topological polar surface area (TPSA) is 50.8 Å². The van der Waals surface area contributed by atoms with Crippen LogP contribution in [0.3, 0.4) is 0 Å². The third-order valence-corrected chi connectivity index (χ3v) is 1.89. The molecular weight excluding hydrogens is 202 g/mol. The third-order valence-electron chi connectivity index (χ3n) is 1.65. The molecule has 2 rings (SSSR count). The zero-order valence-corrected chi connectivity index (χ0v) is 8.03. The first-order chi connectivity index (χ1) is 6.84. The van der Waals surface area contributed by atoms with Crippen LogP contribution in [0.1, 0.15) is 5.69 Å². The first-order valence-corrected chi connectivity index (χ1v) is 4.46. The smallest absolute Gasteiger partial charge is 0.134 e. The van der Waals surface area contributed by atoms with E-state index in [4.69, 9.17) is 16.3 Å². The van der Waals surface area contributed by atoms with Gasteiger partial charge in [-0.3, -0.25) is 5.10 Å². The van der Waals surface area contributed by atoms with Crippen LogP contribution in [-0.2, 0) is 6.61 Å². The van der Waals surface area contributed by atoms with Crippen LogP contribution in [0.15, 0.2) is 30.5 Å². The summed E-state index contributed by atoms with van der Waals surface area (Å²) in [5, 5.41) is 10.6. The van der Waals surface area contributed by atoms with E-state index in [0.29, 0.717) is 11.6 Å². The van der Waals surface area contributed by atoms with E-state index < -0.39 is 0 Å². The molecule has 2 aromatic rings. The van der Waals surface area contributed by atoms with Gasteiger partial charge in [-0.1, -0.05) is 22.9 Å². The average molecular weight is 210 g/mol. The minimum Gasteiger partial charge on any atom is -0.487 e. The number of benzene rings is 1. The molecule has 0 fully saturated rings. The van der Waals surface area contributed by atoms with Crippen molar-refractivity contribution in [1.29, 1.82) is 0 Å². The molecule has 0 bridgehead atoms. The quantitative estimate of drug-likeness (QED) is 0.842. The lowest BCUT2D eigenvalue weighted by Gasteiger charge is -2.03. The monoisotopic (exact) mass is 209 g/mol. The summed E-state index contributed by atoms with van der Waals surface area (Å²) in [5.41, 5.74) is 0.755. The number of hydrogen-bond acceptors (Lipinski definition) is 3. The van der Waals surface area contributed by atoms with Crippen LogP contribution < -0.4 is 4.74 Å². The molecule has 0 atom stereocenters. The van der Waals surface area contributed by atoms with Gasteiger partial charge < -0.3 is 4.74 Å². The van der Waals surface area contributed by atoms with E-state index in [1.165, 1.54) is 0 Å². The third kappa shape index (κ3) is 2.23. The van der Waals surface area contributed by atoms with Crippen LogP contribution >= 0.6 is 11.6 Å². The molecule has 0 aliphatic heterocycles. The van der Waals surface area contributed by atoms with Crippen LogP contribution in [-0.4, -0.2) is 15.4 Å².